The van der Waals surface area contributed by atoms with Gasteiger partial charge in [0.2, 0.25) is 5.82 Å². The van der Waals surface area contributed by atoms with Crippen LogP contribution in [0.1, 0.15) is 22.1 Å². The number of H-pyrrole nitrogens is 1. The first-order valence-corrected chi connectivity index (χ1v) is 9.16. The highest BCUT2D eigenvalue weighted by molar-refractivity contribution is 5.95. The van der Waals surface area contributed by atoms with Crippen LogP contribution in [0.4, 0.5) is 13.2 Å². The fourth-order valence-electron chi connectivity index (χ4n) is 2.78. The van der Waals surface area contributed by atoms with Gasteiger partial charge in [-0.15, -0.1) is 0 Å². The van der Waals surface area contributed by atoms with E-state index in [0.29, 0.717) is 18.1 Å². The number of nitrogens with zero attached hydrogens (tertiary/aromatic N) is 4. The number of carbonyl (C=O) groups is 1. The summed E-state index contributed by atoms with van der Waals surface area (Å²) in [6.07, 6.45) is -4.31. The van der Waals surface area contributed by atoms with Crippen molar-refractivity contribution in [1.82, 2.24) is 30.6 Å². The number of hydrogen-bond donors (Lipinski definition) is 2. The molecule has 0 bridgehead atoms. The van der Waals surface area contributed by atoms with E-state index in [2.05, 4.69) is 35.2 Å². The molecule has 0 atom stereocenters. The van der Waals surface area contributed by atoms with E-state index in [-0.39, 0.29) is 23.5 Å². The van der Waals surface area contributed by atoms with Gasteiger partial charge < -0.3 is 9.84 Å². The molecule has 0 fully saturated rings. The Bertz CT molecular complexity index is 1190. The zero-order valence-electron chi connectivity index (χ0n) is 15.8. The standard InChI is InChI=1S/C20H15F3N6O2/c21-20(22,23)19-26-17(29-31-19)13-7-4-8-14(11-13)18(30)24-10-9-15-25-16(28-27-15)12-5-2-1-3-6-12/h1-8,11H,9-10H2,(H,24,30)(H,25,27,28). The molecule has 0 spiro atoms. The SMILES string of the molecule is O=C(NCCc1nc(-c2ccccc2)n[nH]1)c1cccc(-c2noc(C(F)(F)F)n2)c1. The molecule has 4 rings (SSSR count). The predicted molar refractivity (Wildman–Crippen MR) is 103 cm³/mol. The first kappa shape index (κ1) is 20.3. The number of rotatable bonds is 6. The Morgan fingerprint density at radius 1 is 1.00 bits per heavy atom. The molecular formula is C20H15F3N6O2. The Morgan fingerprint density at radius 3 is 2.52 bits per heavy atom. The molecular weight excluding hydrogens is 413 g/mol. The number of aromatic amines is 1. The number of benzene rings is 2. The first-order chi connectivity index (χ1) is 14.9. The van der Waals surface area contributed by atoms with Gasteiger partial charge in [-0.1, -0.05) is 47.6 Å². The Hall–Kier alpha value is -4.02. The van der Waals surface area contributed by atoms with Crippen molar-refractivity contribution in [3.05, 3.63) is 71.9 Å². The maximum Gasteiger partial charge on any atom is 0.471 e. The Labute approximate surface area is 173 Å². The Kier molecular flexibility index (Phi) is 5.48. The van der Waals surface area contributed by atoms with Crippen LogP contribution in [0.25, 0.3) is 22.8 Å². The average molecular weight is 428 g/mol. The number of amides is 1. The highest BCUT2D eigenvalue weighted by Gasteiger charge is 2.38. The van der Waals surface area contributed by atoms with Crippen LogP contribution in [0.2, 0.25) is 0 Å². The minimum Gasteiger partial charge on any atom is -0.352 e. The van der Waals surface area contributed by atoms with Crippen LogP contribution in [0.15, 0.2) is 59.1 Å². The maximum atomic E-state index is 12.6. The van der Waals surface area contributed by atoms with Crippen molar-refractivity contribution in [2.75, 3.05) is 6.54 Å². The molecule has 8 nitrogen and oxygen atoms in total. The molecule has 0 saturated heterocycles. The lowest BCUT2D eigenvalue weighted by Gasteiger charge is -2.05. The van der Waals surface area contributed by atoms with Crippen LogP contribution in [-0.2, 0) is 12.6 Å². The molecule has 0 saturated carbocycles. The third kappa shape index (κ3) is 4.77. The van der Waals surface area contributed by atoms with Crippen LogP contribution in [0.3, 0.4) is 0 Å². The fourth-order valence-corrected chi connectivity index (χ4v) is 2.78. The predicted octanol–water partition coefficient (Wildman–Crippen LogP) is 3.51. The van der Waals surface area contributed by atoms with Crippen molar-refractivity contribution in [2.45, 2.75) is 12.6 Å². The third-order valence-electron chi connectivity index (χ3n) is 4.26. The Morgan fingerprint density at radius 2 is 1.77 bits per heavy atom. The molecule has 31 heavy (non-hydrogen) atoms. The second-order valence-electron chi connectivity index (χ2n) is 6.48. The third-order valence-corrected chi connectivity index (χ3v) is 4.26. The van der Waals surface area contributed by atoms with Gasteiger partial charge in [0, 0.05) is 29.7 Å². The van der Waals surface area contributed by atoms with Gasteiger partial charge in [0.15, 0.2) is 5.82 Å². The highest BCUT2D eigenvalue weighted by atomic mass is 19.4. The first-order valence-electron chi connectivity index (χ1n) is 9.16. The van der Waals surface area contributed by atoms with Crippen molar-refractivity contribution in [1.29, 1.82) is 0 Å². The lowest BCUT2D eigenvalue weighted by Crippen LogP contribution is -2.26. The van der Waals surface area contributed by atoms with Crippen LogP contribution in [0.5, 0.6) is 0 Å². The molecule has 158 valence electrons. The van der Waals surface area contributed by atoms with Crippen molar-refractivity contribution in [2.24, 2.45) is 0 Å². The molecule has 4 aromatic rings. The molecule has 2 heterocycles. The van der Waals surface area contributed by atoms with Crippen LogP contribution in [-0.4, -0.2) is 37.8 Å². The number of carbonyl (C=O) groups excluding carboxylic acids is 1. The lowest BCUT2D eigenvalue weighted by molar-refractivity contribution is -0.159. The largest absolute Gasteiger partial charge is 0.471 e. The molecule has 2 aromatic carbocycles. The van der Waals surface area contributed by atoms with Gasteiger partial charge >= 0.3 is 12.1 Å². The smallest absolute Gasteiger partial charge is 0.352 e. The van der Waals surface area contributed by atoms with E-state index in [1.54, 1.807) is 0 Å². The number of alkyl halides is 3. The zero-order valence-corrected chi connectivity index (χ0v) is 15.8. The van der Waals surface area contributed by atoms with Gasteiger partial charge in [-0.2, -0.15) is 23.3 Å². The molecule has 2 aromatic heterocycles. The van der Waals surface area contributed by atoms with Crippen LogP contribution < -0.4 is 5.32 Å². The second kappa shape index (κ2) is 8.38. The van der Waals surface area contributed by atoms with Gasteiger partial charge in [-0.05, 0) is 12.1 Å². The summed E-state index contributed by atoms with van der Waals surface area (Å²) in [7, 11) is 0. The number of hydrogen-bond acceptors (Lipinski definition) is 6. The van der Waals surface area contributed by atoms with Crippen molar-refractivity contribution in [3.63, 3.8) is 0 Å². The summed E-state index contributed by atoms with van der Waals surface area (Å²) in [5.74, 6) is -0.923. The number of nitrogens with one attached hydrogen (secondary N) is 2. The van der Waals surface area contributed by atoms with Gasteiger partial charge in [-0.3, -0.25) is 9.89 Å². The van der Waals surface area contributed by atoms with E-state index in [1.807, 2.05) is 30.3 Å². The molecule has 0 unspecified atom stereocenters. The Balaban J connectivity index is 1.37. The summed E-state index contributed by atoms with van der Waals surface area (Å²) in [6.45, 7) is 0.285. The van der Waals surface area contributed by atoms with E-state index in [1.165, 1.54) is 24.3 Å². The van der Waals surface area contributed by atoms with Gasteiger partial charge in [0.1, 0.15) is 5.82 Å². The van der Waals surface area contributed by atoms with E-state index >= 15 is 0 Å². The second-order valence-corrected chi connectivity index (χ2v) is 6.48. The zero-order chi connectivity index (χ0) is 21.8. The summed E-state index contributed by atoms with van der Waals surface area (Å²) in [4.78, 5) is 20.1. The number of aromatic nitrogens is 5. The fraction of sp³-hybridized carbons (Fsp3) is 0.150. The molecule has 11 heteroatoms. The minimum atomic E-state index is -4.73. The summed E-state index contributed by atoms with van der Waals surface area (Å²) < 4.78 is 42.1. The highest BCUT2D eigenvalue weighted by Crippen LogP contribution is 2.29. The van der Waals surface area contributed by atoms with Crippen molar-refractivity contribution in [3.8, 4) is 22.8 Å². The molecule has 0 radical (unpaired) electrons. The quantitative estimate of drug-likeness (QED) is 0.486. The molecule has 0 aliphatic carbocycles. The van der Waals surface area contributed by atoms with E-state index < -0.39 is 18.0 Å². The van der Waals surface area contributed by atoms with Crippen LogP contribution in [0, 0.1) is 0 Å². The topological polar surface area (TPSA) is 110 Å². The lowest BCUT2D eigenvalue weighted by atomic mass is 10.1. The minimum absolute atomic E-state index is 0.231. The number of halogens is 3. The van der Waals surface area contributed by atoms with E-state index in [4.69, 9.17) is 0 Å². The van der Waals surface area contributed by atoms with E-state index in [9.17, 15) is 18.0 Å². The summed E-state index contributed by atoms with van der Waals surface area (Å²) >= 11 is 0. The van der Waals surface area contributed by atoms with Gasteiger partial charge in [-0.25, -0.2) is 4.98 Å². The van der Waals surface area contributed by atoms with Gasteiger partial charge in [0.05, 0.1) is 0 Å². The van der Waals surface area contributed by atoms with E-state index in [0.717, 1.165) is 5.56 Å². The monoisotopic (exact) mass is 428 g/mol. The van der Waals surface area contributed by atoms with Crippen molar-refractivity contribution < 1.29 is 22.5 Å². The molecule has 2 N–H and O–H groups in total. The molecule has 0 aliphatic rings. The van der Waals surface area contributed by atoms with Crippen LogP contribution >= 0.6 is 0 Å². The molecule has 1 amide bonds. The normalized spacial score (nSPS) is 11.5. The summed E-state index contributed by atoms with van der Waals surface area (Å²) in [6, 6.07) is 15.4. The molecule has 0 aliphatic heterocycles. The average Bonchev–Trinajstić information content (AvgIpc) is 3.44. The maximum absolute atomic E-state index is 12.6. The summed E-state index contributed by atoms with van der Waals surface area (Å²) in [5, 5.41) is 13.0. The van der Waals surface area contributed by atoms with Crippen molar-refractivity contribution >= 4 is 5.91 Å². The summed E-state index contributed by atoms with van der Waals surface area (Å²) in [5.41, 5.74) is 1.36. The van der Waals surface area contributed by atoms with Gasteiger partial charge in [0.25, 0.3) is 5.91 Å².